The van der Waals surface area contributed by atoms with Crippen molar-refractivity contribution in [3.63, 3.8) is 0 Å². The maximum Gasteiger partial charge on any atom is 0.354 e. The Bertz CT molecular complexity index is 929. The molecule has 0 atom stereocenters. The molecular formula is C22H27N3O4. The molecule has 0 N–H and O–H groups in total. The number of ether oxygens (including phenoxy) is 1. The summed E-state index contributed by atoms with van der Waals surface area (Å²) in [7, 11) is 1.33. The summed E-state index contributed by atoms with van der Waals surface area (Å²) in [5.74, 6) is -0.610. The smallest absolute Gasteiger partial charge is 0.354 e. The second-order valence-electron chi connectivity index (χ2n) is 7.42. The molecule has 0 bridgehead atoms. The van der Waals surface area contributed by atoms with E-state index < -0.39 is 5.97 Å². The molecule has 0 unspecified atom stereocenters. The Hall–Kier alpha value is -2.96. The summed E-state index contributed by atoms with van der Waals surface area (Å²) in [4.78, 5) is 43.9. The Kier molecular flexibility index (Phi) is 6.15. The van der Waals surface area contributed by atoms with Gasteiger partial charge in [0.2, 0.25) is 5.91 Å². The van der Waals surface area contributed by atoms with E-state index in [2.05, 4.69) is 4.98 Å². The van der Waals surface area contributed by atoms with E-state index >= 15 is 0 Å². The molecule has 3 rings (SSSR count). The standard InChI is InChI=1S/C22H27N3O4/c1-5-25-15(3)19(14(2)20(25)22(28)29-4)18(26)13-24(21(27)17-6-7-17)12-16-8-10-23-11-9-16/h8-11,17H,5-7,12-13H2,1-4H3. The van der Waals surface area contributed by atoms with Gasteiger partial charge in [0.15, 0.2) is 5.78 Å². The third-order valence-corrected chi connectivity index (χ3v) is 5.44. The minimum absolute atomic E-state index is 0.00795. The lowest BCUT2D eigenvalue weighted by atomic mass is 10.0. The third kappa shape index (κ3) is 4.23. The van der Waals surface area contributed by atoms with E-state index in [0.717, 1.165) is 24.1 Å². The van der Waals surface area contributed by atoms with Crippen molar-refractivity contribution >= 4 is 17.7 Å². The molecule has 1 fully saturated rings. The van der Waals surface area contributed by atoms with Crippen LogP contribution in [0.1, 0.15) is 57.4 Å². The molecule has 0 aromatic carbocycles. The first kappa shape index (κ1) is 20.8. The van der Waals surface area contributed by atoms with E-state index in [1.807, 2.05) is 26.0 Å². The zero-order valence-electron chi connectivity index (χ0n) is 17.4. The highest BCUT2D eigenvalue weighted by Crippen LogP contribution is 2.32. The molecule has 1 aliphatic carbocycles. The molecule has 7 heteroatoms. The van der Waals surface area contributed by atoms with Crippen LogP contribution in [-0.2, 0) is 22.6 Å². The van der Waals surface area contributed by atoms with Crippen LogP contribution in [0.15, 0.2) is 24.5 Å². The van der Waals surface area contributed by atoms with Gasteiger partial charge in [-0.25, -0.2) is 4.79 Å². The Morgan fingerprint density at radius 2 is 1.86 bits per heavy atom. The minimum Gasteiger partial charge on any atom is -0.464 e. The van der Waals surface area contributed by atoms with Crippen molar-refractivity contribution in [3.05, 3.63) is 52.6 Å². The van der Waals surface area contributed by atoms with Crippen LogP contribution >= 0.6 is 0 Å². The molecule has 2 aromatic heterocycles. The van der Waals surface area contributed by atoms with Crippen molar-refractivity contribution in [1.29, 1.82) is 0 Å². The monoisotopic (exact) mass is 397 g/mol. The molecule has 1 aliphatic rings. The number of nitrogens with zero attached hydrogens (tertiary/aromatic N) is 3. The van der Waals surface area contributed by atoms with Crippen LogP contribution in [0.3, 0.4) is 0 Å². The second-order valence-corrected chi connectivity index (χ2v) is 7.42. The Morgan fingerprint density at radius 3 is 2.41 bits per heavy atom. The van der Waals surface area contributed by atoms with Crippen molar-refractivity contribution in [2.75, 3.05) is 13.7 Å². The molecular weight excluding hydrogens is 370 g/mol. The number of methoxy groups -OCH3 is 1. The predicted molar refractivity (Wildman–Crippen MR) is 108 cm³/mol. The lowest BCUT2D eigenvalue weighted by Crippen LogP contribution is -2.36. The highest BCUT2D eigenvalue weighted by atomic mass is 16.5. The molecule has 154 valence electrons. The first-order chi connectivity index (χ1) is 13.9. The first-order valence-electron chi connectivity index (χ1n) is 9.87. The van der Waals surface area contributed by atoms with Gasteiger partial charge in [0.25, 0.3) is 0 Å². The topological polar surface area (TPSA) is 81.5 Å². The van der Waals surface area contributed by atoms with Crippen LogP contribution in [0.4, 0.5) is 0 Å². The number of carbonyl (C=O) groups is 3. The molecule has 29 heavy (non-hydrogen) atoms. The van der Waals surface area contributed by atoms with Crippen LogP contribution in [-0.4, -0.2) is 45.8 Å². The van der Waals surface area contributed by atoms with Gasteiger partial charge in [-0.3, -0.25) is 14.6 Å². The fourth-order valence-corrected chi connectivity index (χ4v) is 3.82. The quantitative estimate of drug-likeness (QED) is 0.505. The number of pyridine rings is 1. The molecule has 1 amide bonds. The maximum absolute atomic E-state index is 13.3. The van der Waals surface area contributed by atoms with E-state index in [1.165, 1.54) is 7.11 Å². The van der Waals surface area contributed by atoms with Crippen molar-refractivity contribution < 1.29 is 19.1 Å². The van der Waals surface area contributed by atoms with Crippen LogP contribution < -0.4 is 0 Å². The Labute approximate surface area is 170 Å². The number of rotatable bonds is 8. The highest BCUT2D eigenvalue weighted by molar-refractivity contribution is 6.04. The van der Waals surface area contributed by atoms with Crippen molar-refractivity contribution in [2.24, 2.45) is 5.92 Å². The number of carbonyl (C=O) groups excluding carboxylic acids is 3. The fourth-order valence-electron chi connectivity index (χ4n) is 3.82. The Balaban J connectivity index is 1.90. The SMILES string of the molecule is CCn1c(C)c(C(=O)CN(Cc2ccncc2)C(=O)C2CC2)c(C)c1C(=O)OC. The van der Waals surface area contributed by atoms with Gasteiger partial charge in [0.05, 0.1) is 13.7 Å². The molecule has 7 nitrogen and oxygen atoms in total. The van der Waals surface area contributed by atoms with E-state index in [1.54, 1.807) is 28.8 Å². The van der Waals surface area contributed by atoms with E-state index in [-0.39, 0.29) is 24.2 Å². The molecule has 0 spiro atoms. The zero-order valence-corrected chi connectivity index (χ0v) is 17.4. The number of hydrogen-bond acceptors (Lipinski definition) is 5. The van der Waals surface area contributed by atoms with Crippen LogP contribution in [0.5, 0.6) is 0 Å². The summed E-state index contributed by atoms with van der Waals surface area (Å²) in [6.07, 6.45) is 5.09. The van der Waals surface area contributed by atoms with Gasteiger partial charge in [0.1, 0.15) is 5.69 Å². The number of esters is 1. The molecule has 0 saturated heterocycles. The number of aromatic nitrogens is 2. The van der Waals surface area contributed by atoms with E-state index in [4.69, 9.17) is 4.74 Å². The average molecular weight is 397 g/mol. The molecule has 2 heterocycles. The summed E-state index contributed by atoms with van der Waals surface area (Å²) >= 11 is 0. The fraction of sp³-hybridized carbons (Fsp3) is 0.455. The van der Waals surface area contributed by atoms with Crippen LogP contribution in [0, 0.1) is 19.8 Å². The lowest BCUT2D eigenvalue weighted by molar-refractivity contribution is -0.132. The van der Waals surface area contributed by atoms with Gasteiger partial charge in [-0.1, -0.05) is 0 Å². The Morgan fingerprint density at radius 1 is 1.21 bits per heavy atom. The number of hydrogen-bond donors (Lipinski definition) is 0. The summed E-state index contributed by atoms with van der Waals surface area (Å²) in [5.41, 5.74) is 3.14. The molecule has 0 radical (unpaired) electrons. The largest absolute Gasteiger partial charge is 0.464 e. The van der Waals surface area contributed by atoms with Gasteiger partial charge in [0, 0.05) is 42.7 Å². The van der Waals surface area contributed by atoms with Gasteiger partial charge >= 0.3 is 5.97 Å². The highest BCUT2D eigenvalue weighted by Gasteiger charge is 2.35. The molecule has 1 saturated carbocycles. The summed E-state index contributed by atoms with van der Waals surface area (Å²) in [6, 6.07) is 3.69. The summed E-state index contributed by atoms with van der Waals surface area (Å²) in [5, 5.41) is 0. The van der Waals surface area contributed by atoms with E-state index in [9.17, 15) is 14.4 Å². The normalized spacial score (nSPS) is 13.2. The first-order valence-corrected chi connectivity index (χ1v) is 9.87. The zero-order chi connectivity index (χ0) is 21.1. The van der Waals surface area contributed by atoms with Crippen molar-refractivity contribution in [3.8, 4) is 0 Å². The molecule has 2 aromatic rings. The van der Waals surface area contributed by atoms with Crippen molar-refractivity contribution in [2.45, 2.75) is 46.7 Å². The number of Topliss-reactive ketones (excluding diaryl/α,β-unsaturated/α-hetero) is 1. The van der Waals surface area contributed by atoms with Gasteiger partial charge in [-0.2, -0.15) is 0 Å². The number of amides is 1. The van der Waals surface area contributed by atoms with Crippen LogP contribution in [0.25, 0.3) is 0 Å². The lowest BCUT2D eigenvalue weighted by Gasteiger charge is -2.22. The third-order valence-electron chi connectivity index (χ3n) is 5.44. The predicted octanol–water partition coefficient (Wildman–Crippen LogP) is 2.93. The van der Waals surface area contributed by atoms with Gasteiger partial charge < -0.3 is 14.2 Å². The van der Waals surface area contributed by atoms with Gasteiger partial charge in [-0.15, -0.1) is 0 Å². The minimum atomic E-state index is -0.464. The van der Waals surface area contributed by atoms with Gasteiger partial charge in [-0.05, 0) is 56.9 Å². The van der Waals surface area contributed by atoms with E-state index in [0.29, 0.717) is 29.9 Å². The summed E-state index contributed by atoms with van der Waals surface area (Å²) in [6.45, 7) is 6.39. The molecule has 0 aliphatic heterocycles. The van der Waals surface area contributed by atoms with Crippen LogP contribution in [0.2, 0.25) is 0 Å². The second kappa shape index (κ2) is 8.59. The summed E-state index contributed by atoms with van der Waals surface area (Å²) < 4.78 is 6.70. The number of ketones is 1. The van der Waals surface area contributed by atoms with Crippen molar-refractivity contribution in [1.82, 2.24) is 14.5 Å². The average Bonchev–Trinajstić information content (AvgIpc) is 3.52. The maximum atomic E-state index is 13.3.